The van der Waals surface area contributed by atoms with Crippen molar-refractivity contribution in [2.75, 3.05) is 31.4 Å². The number of rotatable bonds is 5. The third kappa shape index (κ3) is 3.32. The monoisotopic (exact) mass is 273 g/mol. The average molecular weight is 273 g/mol. The lowest BCUT2D eigenvalue weighted by Gasteiger charge is -2.13. The van der Waals surface area contributed by atoms with E-state index in [1.807, 2.05) is 37.2 Å². The van der Waals surface area contributed by atoms with E-state index in [2.05, 4.69) is 10.3 Å². The van der Waals surface area contributed by atoms with Gasteiger partial charge < -0.3 is 20.1 Å². The fraction of sp³-hybridized carbons (Fsp3) is 0.267. The number of hydrogen-bond donors (Lipinski definition) is 2. The van der Waals surface area contributed by atoms with E-state index in [9.17, 15) is 5.11 Å². The second-order valence-corrected chi connectivity index (χ2v) is 4.65. The molecule has 1 aromatic heterocycles. The van der Waals surface area contributed by atoms with Gasteiger partial charge in [0.1, 0.15) is 17.3 Å². The predicted molar refractivity (Wildman–Crippen MR) is 80.5 cm³/mol. The molecule has 0 atom stereocenters. The maximum Gasteiger partial charge on any atom is 0.128 e. The third-order valence-corrected chi connectivity index (χ3v) is 2.98. The zero-order valence-electron chi connectivity index (χ0n) is 11.9. The predicted octanol–water partition coefficient (Wildman–Crippen LogP) is 2.47. The van der Waals surface area contributed by atoms with Crippen LogP contribution in [0, 0.1) is 0 Å². The zero-order chi connectivity index (χ0) is 14.5. The van der Waals surface area contributed by atoms with Crippen LogP contribution in [0.25, 0.3) is 0 Å². The Morgan fingerprint density at radius 2 is 2.05 bits per heavy atom. The van der Waals surface area contributed by atoms with Crippen LogP contribution in [0.15, 0.2) is 36.5 Å². The van der Waals surface area contributed by atoms with E-state index in [4.69, 9.17) is 4.74 Å². The fourth-order valence-corrected chi connectivity index (χ4v) is 1.78. The van der Waals surface area contributed by atoms with Gasteiger partial charge in [-0.15, -0.1) is 0 Å². The average Bonchev–Trinajstić information content (AvgIpc) is 2.47. The highest BCUT2D eigenvalue weighted by atomic mass is 16.5. The fourth-order valence-electron chi connectivity index (χ4n) is 1.78. The lowest BCUT2D eigenvalue weighted by molar-refractivity contribution is 0.411. The molecule has 1 aromatic carbocycles. The molecule has 2 rings (SSSR count). The summed E-state index contributed by atoms with van der Waals surface area (Å²) in [5, 5.41) is 13.0. The smallest absolute Gasteiger partial charge is 0.128 e. The number of phenols is 1. The van der Waals surface area contributed by atoms with Crippen molar-refractivity contribution in [3.63, 3.8) is 0 Å². The molecular formula is C15H19N3O2. The van der Waals surface area contributed by atoms with Crippen molar-refractivity contribution in [2.45, 2.75) is 6.54 Å². The second kappa shape index (κ2) is 6.14. The summed E-state index contributed by atoms with van der Waals surface area (Å²) in [7, 11) is 5.50. The van der Waals surface area contributed by atoms with Crippen LogP contribution in [0.5, 0.6) is 11.5 Å². The lowest BCUT2D eigenvalue weighted by atomic mass is 10.2. The highest BCUT2D eigenvalue weighted by Crippen LogP contribution is 2.23. The Labute approximate surface area is 118 Å². The largest absolute Gasteiger partial charge is 0.508 e. The Hall–Kier alpha value is -2.43. The van der Waals surface area contributed by atoms with Gasteiger partial charge >= 0.3 is 0 Å². The maximum absolute atomic E-state index is 9.81. The minimum Gasteiger partial charge on any atom is -0.508 e. The second-order valence-electron chi connectivity index (χ2n) is 4.65. The van der Waals surface area contributed by atoms with Crippen LogP contribution >= 0.6 is 0 Å². The van der Waals surface area contributed by atoms with Crippen molar-refractivity contribution in [3.05, 3.63) is 42.1 Å². The van der Waals surface area contributed by atoms with Crippen molar-refractivity contribution in [2.24, 2.45) is 0 Å². The number of nitrogens with one attached hydrogen (secondary N) is 1. The van der Waals surface area contributed by atoms with E-state index in [0.717, 1.165) is 22.8 Å². The summed E-state index contributed by atoms with van der Waals surface area (Å²) < 4.78 is 5.15. The molecule has 0 bridgehead atoms. The molecule has 0 fully saturated rings. The van der Waals surface area contributed by atoms with Crippen molar-refractivity contribution in [1.82, 2.24) is 4.98 Å². The van der Waals surface area contributed by atoms with E-state index in [1.165, 1.54) is 0 Å². The van der Waals surface area contributed by atoms with Crippen LogP contribution in [0.2, 0.25) is 0 Å². The summed E-state index contributed by atoms with van der Waals surface area (Å²) >= 11 is 0. The summed E-state index contributed by atoms with van der Waals surface area (Å²) in [5.41, 5.74) is 1.68. The number of aromatic nitrogens is 1. The molecule has 2 aromatic rings. The summed E-state index contributed by atoms with van der Waals surface area (Å²) in [6.45, 7) is 0.506. The van der Waals surface area contributed by atoms with Crippen molar-refractivity contribution in [1.29, 1.82) is 0 Å². The number of aromatic hydroxyl groups is 1. The molecule has 2 N–H and O–H groups in total. The first-order chi connectivity index (χ1) is 9.60. The first kappa shape index (κ1) is 14.0. The Morgan fingerprint density at radius 3 is 2.65 bits per heavy atom. The Morgan fingerprint density at radius 1 is 1.25 bits per heavy atom. The first-order valence-corrected chi connectivity index (χ1v) is 6.33. The molecule has 0 aliphatic rings. The van der Waals surface area contributed by atoms with Crippen LogP contribution in [0.4, 0.5) is 11.5 Å². The number of methoxy groups -OCH3 is 1. The molecular weight excluding hydrogens is 254 g/mol. The number of phenolic OH excluding ortho intramolecular Hbond substituents is 1. The van der Waals surface area contributed by atoms with E-state index in [1.54, 1.807) is 25.4 Å². The summed E-state index contributed by atoms with van der Waals surface area (Å²) in [5.74, 6) is 1.87. The van der Waals surface area contributed by atoms with Crippen molar-refractivity contribution < 1.29 is 9.84 Å². The highest BCUT2D eigenvalue weighted by molar-refractivity contribution is 5.49. The molecule has 5 nitrogen and oxygen atoms in total. The normalized spacial score (nSPS) is 10.2. The summed E-state index contributed by atoms with van der Waals surface area (Å²) in [4.78, 5) is 6.26. The Bertz CT molecular complexity index is 568. The van der Waals surface area contributed by atoms with Gasteiger partial charge in [0.25, 0.3) is 0 Å². The van der Waals surface area contributed by atoms with E-state index in [-0.39, 0.29) is 5.75 Å². The molecule has 0 radical (unpaired) electrons. The van der Waals surface area contributed by atoms with Crippen LogP contribution in [-0.2, 0) is 6.54 Å². The molecule has 0 saturated carbocycles. The van der Waals surface area contributed by atoms with Gasteiger partial charge in [0.15, 0.2) is 0 Å². The minimum absolute atomic E-state index is 0.246. The molecule has 0 spiro atoms. The van der Waals surface area contributed by atoms with E-state index >= 15 is 0 Å². The van der Waals surface area contributed by atoms with Crippen LogP contribution in [0.1, 0.15) is 5.56 Å². The molecule has 1 heterocycles. The molecule has 0 amide bonds. The van der Waals surface area contributed by atoms with Crippen molar-refractivity contribution >= 4 is 11.5 Å². The quantitative estimate of drug-likeness (QED) is 0.876. The Kier molecular flexibility index (Phi) is 4.30. The van der Waals surface area contributed by atoms with Gasteiger partial charge in [-0.3, -0.25) is 0 Å². The van der Waals surface area contributed by atoms with Gasteiger partial charge in [-0.2, -0.15) is 0 Å². The highest BCUT2D eigenvalue weighted by Gasteiger charge is 2.04. The zero-order valence-corrected chi connectivity index (χ0v) is 11.9. The topological polar surface area (TPSA) is 57.6 Å². The molecule has 0 saturated heterocycles. The number of nitrogens with zero attached hydrogens (tertiary/aromatic N) is 2. The van der Waals surface area contributed by atoms with E-state index < -0.39 is 0 Å². The summed E-state index contributed by atoms with van der Waals surface area (Å²) in [6, 6.07) is 9.06. The minimum atomic E-state index is 0.246. The number of hydrogen-bond acceptors (Lipinski definition) is 5. The maximum atomic E-state index is 9.81. The van der Waals surface area contributed by atoms with Crippen molar-refractivity contribution in [3.8, 4) is 11.5 Å². The van der Waals surface area contributed by atoms with Gasteiger partial charge in [-0.1, -0.05) is 0 Å². The number of pyridine rings is 1. The molecule has 0 unspecified atom stereocenters. The van der Waals surface area contributed by atoms with Gasteiger partial charge in [-0.05, 0) is 30.3 Å². The van der Waals surface area contributed by atoms with Crippen LogP contribution < -0.4 is 15.0 Å². The molecule has 0 aliphatic carbocycles. The summed E-state index contributed by atoms with van der Waals surface area (Å²) in [6.07, 6.45) is 1.77. The number of anilines is 2. The van der Waals surface area contributed by atoms with E-state index in [0.29, 0.717) is 6.54 Å². The van der Waals surface area contributed by atoms with Gasteiger partial charge in [0, 0.05) is 26.2 Å². The van der Waals surface area contributed by atoms with Gasteiger partial charge in [0.05, 0.1) is 19.0 Å². The lowest BCUT2D eigenvalue weighted by Crippen LogP contribution is -2.10. The molecule has 0 aliphatic heterocycles. The van der Waals surface area contributed by atoms with Gasteiger partial charge in [-0.25, -0.2) is 4.98 Å². The van der Waals surface area contributed by atoms with Crippen LogP contribution in [-0.4, -0.2) is 31.3 Å². The standard InChI is InChI=1S/C15H19N3O2/c1-18(2)15-7-4-12(10-17-15)16-9-11-8-13(20-3)5-6-14(11)19/h4-8,10,16,19H,9H2,1-3H3. The SMILES string of the molecule is COc1ccc(O)c(CNc2ccc(N(C)C)nc2)c1. The first-order valence-electron chi connectivity index (χ1n) is 6.33. The molecule has 5 heteroatoms. The molecule has 20 heavy (non-hydrogen) atoms. The van der Waals surface area contributed by atoms with Gasteiger partial charge in [0.2, 0.25) is 0 Å². The molecule has 106 valence electrons. The van der Waals surface area contributed by atoms with Crippen LogP contribution in [0.3, 0.4) is 0 Å². The third-order valence-electron chi connectivity index (χ3n) is 2.98. The number of benzene rings is 1. The Balaban J connectivity index is 2.04. The number of ether oxygens (including phenoxy) is 1.